The molecule has 0 aromatic heterocycles. The summed E-state index contributed by atoms with van der Waals surface area (Å²) in [5.74, 6) is -0.964. The number of hydrogen-bond acceptors (Lipinski definition) is 4. The van der Waals surface area contributed by atoms with Crippen molar-refractivity contribution in [3.63, 3.8) is 0 Å². The Hall–Kier alpha value is -1.58. The first kappa shape index (κ1) is 13.0. The molecule has 1 aliphatic heterocycles. The molecule has 12 heavy (non-hydrogen) atoms. The van der Waals surface area contributed by atoms with Crippen LogP contribution in [0.4, 0.5) is 0 Å². The minimum Gasteiger partial charge on any atom is -0.451 e. The van der Waals surface area contributed by atoms with Crippen LogP contribution in [-0.4, -0.2) is 25.2 Å². The molecule has 0 atom stereocenters. The van der Waals surface area contributed by atoms with E-state index in [1.165, 1.54) is 0 Å². The second kappa shape index (κ2) is 9.42. The van der Waals surface area contributed by atoms with E-state index < -0.39 is 11.9 Å². The van der Waals surface area contributed by atoms with Crippen LogP contribution in [0.2, 0.25) is 0 Å². The normalized spacial score (nSPS) is 13.7. The molecule has 1 aliphatic rings. The highest BCUT2D eigenvalue weighted by Gasteiger charge is 2.16. The van der Waals surface area contributed by atoms with Gasteiger partial charge in [0.1, 0.15) is 0 Å². The molecule has 4 heteroatoms. The number of hydrogen-bond donors (Lipinski definition) is 0. The third-order valence-corrected chi connectivity index (χ3v) is 0.702. The zero-order valence-electron chi connectivity index (χ0n) is 6.88. The van der Waals surface area contributed by atoms with Gasteiger partial charge in [-0.15, -0.1) is 26.3 Å². The first-order valence-electron chi connectivity index (χ1n) is 3.10. The number of carbonyl (C=O) groups excluding carboxylic acids is 2. The zero-order chi connectivity index (χ0) is 9.98. The molecule has 0 aromatic carbocycles. The van der Waals surface area contributed by atoms with Crippen molar-refractivity contribution in [3.05, 3.63) is 26.3 Å². The highest BCUT2D eigenvalue weighted by Crippen LogP contribution is 1.90. The van der Waals surface area contributed by atoms with Crippen molar-refractivity contribution in [2.75, 3.05) is 13.2 Å². The van der Waals surface area contributed by atoms with Gasteiger partial charge in [-0.05, 0) is 0 Å². The summed E-state index contributed by atoms with van der Waals surface area (Å²) in [4.78, 5) is 20.2. The molecule has 0 amide bonds. The molecule has 1 rings (SSSR count). The van der Waals surface area contributed by atoms with Crippen molar-refractivity contribution in [2.24, 2.45) is 0 Å². The van der Waals surface area contributed by atoms with Gasteiger partial charge >= 0.3 is 11.9 Å². The Morgan fingerprint density at radius 1 is 0.833 bits per heavy atom. The van der Waals surface area contributed by atoms with E-state index in [1.807, 2.05) is 0 Å². The van der Waals surface area contributed by atoms with E-state index in [-0.39, 0.29) is 13.2 Å². The van der Waals surface area contributed by atoms with Crippen LogP contribution in [0.3, 0.4) is 0 Å². The van der Waals surface area contributed by atoms with E-state index in [9.17, 15) is 9.59 Å². The number of cyclic esters (lactones) is 2. The van der Waals surface area contributed by atoms with Crippen LogP contribution >= 0.6 is 0 Å². The van der Waals surface area contributed by atoms with Crippen molar-refractivity contribution in [2.45, 2.75) is 0 Å². The quantitative estimate of drug-likeness (QED) is 0.398. The lowest BCUT2D eigenvalue weighted by molar-refractivity contribution is -0.174. The van der Waals surface area contributed by atoms with Gasteiger partial charge in [0, 0.05) is 0 Å². The van der Waals surface area contributed by atoms with Crippen LogP contribution in [0.5, 0.6) is 0 Å². The minimum absolute atomic E-state index is 0.237. The molecule has 0 N–H and O–H groups in total. The molecule has 0 radical (unpaired) electrons. The maximum Gasteiger partial charge on any atom is 0.344 e. The predicted octanol–water partition coefficient (Wildman–Crippen LogP) is 0.691. The number of esters is 2. The topological polar surface area (TPSA) is 52.6 Å². The van der Waals surface area contributed by atoms with Crippen molar-refractivity contribution in [1.82, 2.24) is 0 Å². The van der Waals surface area contributed by atoms with Gasteiger partial charge in [-0.1, -0.05) is 0 Å². The highest BCUT2D eigenvalue weighted by molar-refractivity contribution is 5.82. The summed E-state index contributed by atoms with van der Waals surface area (Å²) in [5, 5.41) is 0. The van der Waals surface area contributed by atoms with Crippen molar-refractivity contribution >= 4 is 11.9 Å². The molecule has 0 aromatic rings. The zero-order valence-corrected chi connectivity index (χ0v) is 6.88. The van der Waals surface area contributed by atoms with Crippen molar-refractivity contribution in [1.29, 1.82) is 0 Å². The Morgan fingerprint density at radius 2 is 1.08 bits per heavy atom. The standard InChI is InChI=1S/C4H4O4.2C2H4/c5-3-1-7-4(6)2-8-3;2*1-2/h1-2H2;2*1-2H2. The smallest absolute Gasteiger partial charge is 0.344 e. The van der Waals surface area contributed by atoms with Crippen LogP contribution in [-0.2, 0) is 19.1 Å². The van der Waals surface area contributed by atoms with E-state index in [1.54, 1.807) is 0 Å². The van der Waals surface area contributed by atoms with Gasteiger partial charge in [0.15, 0.2) is 13.2 Å². The average Bonchev–Trinajstić information content (AvgIpc) is 2.17. The Bertz CT molecular complexity index is 123. The van der Waals surface area contributed by atoms with Gasteiger partial charge in [-0.3, -0.25) is 0 Å². The predicted molar refractivity (Wildman–Crippen MR) is 44.4 cm³/mol. The van der Waals surface area contributed by atoms with Crippen LogP contribution < -0.4 is 0 Å². The number of carbonyl (C=O) groups is 2. The van der Waals surface area contributed by atoms with Gasteiger partial charge in [0.25, 0.3) is 0 Å². The molecule has 1 fully saturated rings. The summed E-state index contributed by atoms with van der Waals surface area (Å²) in [7, 11) is 0. The van der Waals surface area contributed by atoms with E-state index in [4.69, 9.17) is 0 Å². The summed E-state index contributed by atoms with van der Waals surface area (Å²) in [6.07, 6.45) is 0. The van der Waals surface area contributed by atoms with Crippen LogP contribution in [0, 0.1) is 0 Å². The Kier molecular flexibility index (Phi) is 10.2. The SMILES string of the molecule is C=C.C=C.O=C1COC(=O)CO1. The molecule has 0 saturated carbocycles. The Labute approximate surface area is 71.5 Å². The highest BCUT2D eigenvalue weighted by atomic mass is 16.6. The summed E-state index contributed by atoms with van der Waals surface area (Å²) in [6, 6.07) is 0. The summed E-state index contributed by atoms with van der Waals surface area (Å²) in [6.45, 7) is 11.5. The Balaban J connectivity index is 0. The van der Waals surface area contributed by atoms with E-state index in [0.717, 1.165) is 0 Å². The Morgan fingerprint density at radius 3 is 1.25 bits per heavy atom. The maximum absolute atomic E-state index is 10.1. The molecule has 0 unspecified atom stereocenters. The van der Waals surface area contributed by atoms with Crippen molar-refractivity contribution in [3.8, 4) is 0 Å². The average molecular weight is 172 g/mol. The molecule has 68 valence electrons. The first-order chi connectivity index (χ1) is 5.79. The second-order valence-corrected chi connectivity index (χ2v) is 1.32. The van der Waals surface area contributed by atoms with Gasteiger partial charge in [-0.25, -0.2) is 9.59 Å². The first-order valence-corrected chi connectivity index (χ1v) is 3.10. The van der Waals surface area contributed by atoms with Crippen LogP contribution in [0.1, 0.15) is 0 Å². The molecule has 0 spiro atoms. The lowest BCUT2D eigenvalue weighted by Gasteiger charge is -2.09. The molecule has 1 heterocycles. The molecular weight excluding hydrogens is 160 g/mol. The molecule has 0 aliphatic carbocycles. The van der Waals surface area contributed by atoms with Gasteiger partial charge in [0.2, 0.25) is 0 Å². The van der Waals surface area contributed by atoms with Crippen LogP contribution in [0.25, 0.3) is 0 Å². The van der Waals surface area contributed by atoms with E-state index in [2.05, 4.69) is 35.8 Å². The van der Waals surface area contributed by atoms with Gasteiger partial charge in [-0.2, -0.15) is 0 Å². The fraction of sp³-hybridized carbons (Fsp3) is 0.250. The second-order valence-electron chi connectivity index (χ2n) is 1.32. The molecule has 4 nitrogen and oxygen atoms in total. The fourth-order valence-corrected chi connectivity index (χ4v) is 0.362. The largest absolute Gasteiger partial charge is 0.451 e. The monoisotopic (exact) mass is 172 g/mol. The molecular formula is C8H12O4. The fourth-order valence-electron chi connectivity index (χ4n) is 0.362. The summed E-state index contributed by atoms with van der Waals surface area (Å²) in [5.41, 5.74) is 0. The molecule has 0 bridgehead atoms. The van der Waals surface area contributed by atoms with Crippen LogP contribution in [0.15, 0.2) is 26.3 Å². The number of rotatable bonds is 0. The lowest BCUT2D eigenvalue weighted by atomic mass is 10.6. The van der Waals surface area contributed by atoms with Crippen molar-refractivity contribution < 1.29 is 19.1 Å². The number of ether oxygens (including phenoxy) is 2. The maximum atomic E-state index is 10.1. The third kappa shape index (κ3) is 6.54. The molecule has 1 saturated heterocycles. The summed E-state index contributed by atoms with van der Waals surface area (Å²) >= 11 is 0. The van der Waals surface area contributed by atoms with E-state index in [0.29, 0.717) is 0 Å². The van der Waals surface area contributed by atoms with Gasteiger partial charge < -0.3 is 9.47 Å². The van der Waals surface area contributed by atoms with E-state index >= 15 is 0 Å². The lowest BCUT2D eigenvalue weighted by Crippen LogP contribution is -2.27. The minimum atomic E-state index is -0.482. The third-order valence-electron chi connectivity index (χ3n) is 0.702. The van der Waals surface area contributed by atoms with Gasteiger partial charge in [0.05, 0.1) is 0 Å². The summed E-state index contributed by atoms with van der Waals surface area (Å²) < 4.78 is 8.55.